The van der Waals surface area contributed by atoms with Gasteiger partial charge in [-0.05, 0) is 25.2 Å². The number of alkyl halides is 3. The van der Waals surface area contributed by atoms with E-state index in [2.05, 4.69) is 12.2 Å². The van der Waals surface area contributed by atoms with Crippen molar-refractivity contribution < 1.29 is 13.2 Å². The van der Waals surface area contributed by atoms with Crippen LogP contribution < -0.4 is 5.32 Å². The van der Waals surface area contributed by atoms with E-state index in [1.807, 2.05) is 6.92 Å². The largest absolute Gasteiger partial charge is 0.403 e. The zero-order chi connectivity index (χ0) is 10.2. The van der Waals surface area contributed by atoms with Gasteiger partial charge in [-0.15, -0.1) is 0 Å². The monoisotopic (exact) mass is 195 g/mol. The fourth-order valence-corrected chi connectivity index (χ4v) is 1.67. The fraction of sp³-hybridized carbons (Fsp3) is 1.00. The Morgan fingerprint density at radius 2 is 1.85 bits per heavy atom. The number of nitrogens with one attached hydrogen (secondary N) is 1. The number of rotatable bonds is 2. The van der Waals surface area contributed by atoms with Crippen molar-refractivity contribution in [1.29, 1.82) is 0 Å². The topological polar surface area (TPSA) is 12.0 Å². The maximum absolute atomic E-state index is 12.1. The van der Waals surface area contributed by atoms with Gasteiger partial charge in [-0.1, -0.05) is 13.8 Å². The van der Waals surface area contributed by atoms with Gasteiger partial charge in [0.15, 0.2) is 0 Å². The lowest BCUT2D eigenvalue weighted by Gasteiger charge is -2.43. The third-order valence-electron chi connectivity index (χ3n) is 3.11. The second-order valence-corrected chi connectivity index (χ2v) is 4.11. The lowest BCUT2D eigenvalue weighted by Crippen LogP contribution is -2.54. The normalized spacial score (nSPS) is 36.9. The van der Waals surface area contributed by atoms with Gasteiger partial charge in [-0.25, -0.2) is 0 Å². The Morgan fingerprint density at radius 3 is 2.15 bits per heavy atom. The second-order valence-electron chi connectivity index (χ2n) is 4.11. The van der Waals surface area contributed by atoms with Crippen LogP contribution in [-0.4, -0.2) is 18.3 Å². The molecule has 0 aromatic rings. The van der Waals surface area contributed by atoms with E-state index >= 15 is 0 Å². The molecule has 0 amide bonds. The molecule has 0 aliphatic heterocycles. The molecule has 4 unspecified atom stereocenters. The average Bonchev–Trinajstić information content (AvgIpc) is 2.01. The van der Waals surface area contributed by atoms with Crippen molar-refractivity contribution in [3.63, 3.8) is 0 Å². The lowest BCUT2D eigenvalue weighted by atomic mass is 9.71. The van der Waals surface area contributed by atoms with Crippen molar-refractivity contribution in [2.75, 3.05) is 0 Å². The Balaban J connectivity index is 2.34. The molecule has 1 fully saturated rings. The van der Waals surface area contributed by atoms with Crippen molar-refractivity contribution in [2.24, 2.45) is 11.8 Å². The van der Waals surface area contributed by atoms with E-state index in [4.69, 9.17) is 0 Å². The van der Waals surface area contributed by atoms with Gasteiger partial charge in [0.1, 0.15) is 6.04 Å². The fourth-order valence-electron chi connectivity index (χ4n) is 1.67. The maximum Gasteiger partial charge on any atom is 0.403 e. The molecule has 1 saturated carbocycles. The number of hydrogen-bond donors (Lipinski definition) is 1. The summed E-state index contributed by atoms with van der Waals surface area (Å²) in [5.41, 5.74) is 0. The first-order valence-electron chi connectivity index (χ1n) is 4.65. The summed E-state index contributed by atoms with van der Waals surface area (Å²) >= 11 is 0. The van der Waals surface area contributed by atoms with Gasteiger partial charge in [-0.3, -0.25) is 0 Å². The molecule has 0 saturated heterocycles. The van der Waals surface area contributed by atoms with Gasteiger partial charge in [0.05, 0.1) is 0 Å². The molecule has 4 heteroatoms. The van der Waals surface area contributed by atoms with Gasteiger partial charge in [0.2, 0.25) is 0 Å². The average molecular weight is 195 g/mol. The minimum atomic E-state index is -4.11. The van der Waals surface area contributed by atoms with Crippen molar-refractivity contribution in [2.45, 2.75) is 45.5 Å². The molecule has 78 valence electrons. The van der Waals surface area contributed by atoms with Crippen molar-refractivity contribution in [1.82, 2.24) is 5.32 Å². The Labute approximate surface area is 76.7 Å². The van der Waals surface area contributed by atoms with E-state index < -0.39 is 12.2 Å². The molecule has 0 spiro atoms. The predicted molar refractivity (Wildman–Crippen MR) is 45.4 cm³/mol. The number of halogens is 3. The second kappa shape index (κ2) is 3.48. The van der Waals surface area contributed by atoms with Crippen LogP contribution in [0.2, 0.25) is 0 Å². The van der Waals surface area contributed by atoms with E-state index in [1.54, 1.807) is 0 Å². The minimum Gasteiger partial charge on any atom is -0.303 e. The van der Waals surface area contributed by atoms with Crippen LogP contribution in [0.5, 0.6) is 0 Å². The molecule has 13 heavy (non-hydrogen) atoms. The summed E-state index contributed by atoms with van der Waals surface area (Å²) in [6.45, 7) is 5.24. The van der Waals surface area contributed by atoms with Crippen LogP contribution >= 0.6 is 0 Å². The minimum absolute atomic E-state index is 0.0478. The van der Waals surface area contributed by atoms with E-state index in [1.165, 1.54) is 6.92 Å². The quantitative estimate of drug-likeness (QED) is 0.714. The van der Waals surface area contributed by atoms with E-state index in [-0.39, 0.29) is 6.04 Å². The Bertz CT molecular complexity index is 178. The van der Waals surface area contributed by atoms with E-state index in [0.717, 1.165) is 6.42 Å². The third-order valence-corrected chi connectivity index (χ3v) is 3.11. The van der Waals surface area contributed by atoms with Crippen LogP contribution in [0.15, 0.2) is 0 Å². The lowest BCUT2D eigenvalue weighted by molar-refractivity contribution is -0.157. The van der Waals surface area contributed by atoms with Crippen LogP contribution in [0.4, 0.5) is 13.2 Å². The first kappa shape index (κ1) is 10.8. The standard InChI is InChI=1S/C9H16F3N/c1-5-4-8(6(5)2)13-7(3)9(10,11)12/h5-8,13H,4H2,1-3H3. The summed E-state index contributed by atoms with van der Waals surface area (Å²) in [4.78, 5) is 0. The van der Waals surface area contributed by atoms with E-state index in [9.17, 15) is 13.2 Å². The molecule has 0 aromatic heterocycles. The molecular formula is C9H16F3N. The van der Waals surface area contributed by atoms with Gasteiger partial charge in [0.25, 0.3) is 0 Å². The molecule has 0 bridgehead atoms. The predicted octanol–water partition coefficient (Wildman–Crippen LogP) is 2.57. The van der Waals surface area contributed by atoms with Crippen LogP contribution in [0.25, 0.3) is 0 Å². The molecule has 1 nitrogen and oxygen atoms in total. The van der Waals surface area contributed by atoms with Gasteiger partial charge in [-0.2, -0.15) is 13.2 Å². The molecule has 0 radical (unpaired) electrons. The molecule has 1 N–H and O–H groups in total. The molecule has 0 heterocycles. The summed E-state index contributed by atoms with van der Waals surface area (Å²) in [6.07, 6.45) is -3.25. The Kier molecular flexibility index (Phi) is 2.90. The highest BCUT2D eigenvalue weighted by Gasteiger charge is 2.41. The van der Waals surface area contributed by atoms with Crippen molar-refractivity contribution in [3.8, 4) is 0 Å². The summed E-state index contributed by atoms with van der Waals surface area (Å²) < 4.78 is 36.4. The van der Waals surface area contributed by atoms with Crippen LogP contribution in [-0.2, 0) is 0 Å². The molecular weight excluding hydrogens is 179 g/mol. The van der Waals surface area contributed by atoms with Gasteiger partial charge < -0.3 is 5.32 Å². The van der Waals surface area contributed by atoms with Crippen LogP contribution in [0.1, 0.15) is 27.2 Å². The Morgan fingerprint density at radius 1 is 1.31 bits per heavy atom. The number of hydrogen-bond acceptors (Lipinski definition) is 1. The first-order chi connectivity index (χ1) is 5.82. The molecule has 1 rings (SSSR count). The zero-order valence-electron chi connectivity index (χ0n) is 8.15. The highest BCUT2D eigenvalue weighted by molar-refractivity contribution is 4.91. The zero-order valence-corrected chi connectivity index (χ0v) is 8.15. The first-order valence-corrected chi connectivity index (χ1v) is 4.65. The SMILES string of the molecule is CC1CC(NC(C)C(F)(F)F)C1C. The van der Waals surface area contributed by atoms with Gasteiger partial charge in [0, 0.05) is 6.04 Å². The third kappa shape index (κ3) is 2.36. The molecule has 1 aliphatic carbocycles. The summed E-state index contributed by atoms with van der Waals surface area (Å²) in [5.74, 6) is 0.919. The van der Waals surface area contributed by atoms with Crippen LogP contribution in [0.3, 0.4) is 0 Å². The van der Waals surface area contributed by atoms with Crippen molar-refractivity contribution in [3.05, 3.63) is 0 Å². The molecule has 0 aromatic carbocycles. The molecule has 4 atom stereocenters. The van der Waals surface area contributed by atoms with Crippen molar-refractivity contribution >= 4 is 0 Å². The Hall–Kier alpha value is -0.250. The molecule has 1 aliphatic rings. The van der Waals surface area contributed by atoms with Gasteiger partial charge >= 0.3 is 6.18 Å². The smallest absolute Gasteiger partial charge is 0.303 e. The highest BCUT2D eigenvalue weighted by atomic mass is 19.4. The summed E-state index contributed by atoms with van der Waals surface area (Å²) in [5, 5.41) is 2.61. The maximum atomic E-state index is 12.1. The highest BCUT2D eigenvalue weighted by Crippen LogP contribution is 2.35. The van der Waals surface area contributed by atoms with E-state index in [0.29, 0.717) is 11.8 Å². The van der Waals surface area contributed by atoms with Crippen LogP contribution in [0, 0.1) is 11.8 Å². The summed E-state index contributed by atoms with van der Waals surface area (Å²) in [7, 11) is 0. The summed E-state index contributed by atoms with van der Waals surface area (Å²) in [6, 6.07) is -1.33.